The number of fused-ring (bicyclic) bond motifs is 10. The van der Waals surface area contributed by atoms with E-state index in [1.165, 1.54) is 7.11 Å². The molecule has 0 radical (unpaired) electrons. The molecular weight excluding hydrogens is 632 g/mol. The van der Waals surface area contributed by atoms with E-state index in [0.29, 0.717) is 37.7 Å². The summed E-state index contributed by atoms with van der Waals surface area (Å²) in [6, 6.07) is 12.4. The summed E-state index contributed by atoms with van der Waals surface area (Å²) in [5.41, 5.74) is 2.62. The fraction of sp³-hybridized carbons (Fsp3) is 0.394. The molecule has 2 fully saturated rings. The van der Waals surface area contributed by atoms with Crippen molar-refractivity contribution >= 4 is 67.0 Å². The van der Waals surface area contributed by atoms with Crippen LogP contribution in [0.1, 0.15) is 33.4 Å². The van der Waals surface area contributed by atoms with Gasteiger partial charge >= 0.3 is 0 Å². The molecular formula is C33H33ClN4O9. The number of halogens is 1. The summed E-state index contributed by atoms with van der Waals surface area (Å²) >= 11 is 6.88. The number of ether oxygens (including phenoxy) is 4. The van der Waals surface area contributed by atoms with E-state index in [-0.39, 0.29) is 36.8 Å². The Bertz CT molecular complexity index is 2080. The topological polar surface area (TPSA) is 177 Å². The van der Waals surface area contributed by atoms with E-state index in [2.05, 4.69) is 15.6 Å². The first-order valence-electron chi connectivity index (χ1n) is 15.4. The monoisotopic (exact) mass is 664 g/mol. The highest BCUT2D eigenvalue weighted by molar-refractivity contribution is 6.42. The molecule has 0 spiro atoms. The Morgan fingerprint density at radius 2 is 1.74 bits per heavy atom. The van der Waals surface area contributed by atoms with Gasteiger partial charge in [0.25, 0.3) is 11.8 Å². The van der Waals surface area contributed by atoms with E-state index in [1.807, 2.05) is 24.3 Å². The number of methoxy groups -OCH3 is 1. The third-order valence-electron chi connectivity index (χ3n) is 9.71. The Hall–Kier alpha value is -3.63. The number of benzene rings is 3. The van der Waals surface area contributed by atoms with E-state index in [4.69, 9.17) is 30.5 Å². The number of aromatic amines is 1. The Balaban J connectivity index is 1.32. The van der Waals surface area contributed by atoms with Gasteiger partial charge in [-0.25, -0.2) is 0 Å². The second-order valence-electron chi connectivity index (χ2n) is 12.2. The van der Waals surface area contributed by atoms with Crippen LogP contribution in [0, 0.1) is 0 Å². The van der Waals surface area contributed by atoms with Gasteiger partial charge in [0, 0.05) is 40.6 Å². The fourth-order valence-corrected chi connectivity index (χ4v) is 7.76. The van der Waals surface area contributed by atoms with Crippen LogP contribution in [0.3, 0.4) is 0 Å². The molecule has 8 atom stereocenters. The number of imide groups is 1. The first-order valence-corrected chi connectivity index (χ1v) is 15.8. The van der Waals surface area contributed by atoms with Crippen LogP contribution in [0.25, 0.3) is 43.6 Å². The highest BCUT2D eigenvalue weighted by Gasteiger charge is 2.48. The van der Waals surface area contributed by atoms with Crippen LogP contribution >= 0.6 is 11.6 Å². The number of likely N-dealkylation sites (N-methyl/N-ethyl adjacent to an activating group) is 1. The molecule has 14 heteroatoms. The third kappa shape index (κ3) is 4.54. The molecule has 0 unspecified atom stereocenters. The molecule has 13 nitrogen and oxygen atoms in total. The van der Waals surface area contributed by atoms with E-state index in [1.54, 1.807) is 29.8 Å². The lowest BCUT2D eigenvalue weighted by molar-refractivity contribution is -0.275. The average molecular weight is 665 g/mol. The van der Waals surface area contributed by atoms with Gasteiger partial charge in [0.05, 0.1) is 58.1 Å². The van der Waals surface area contributed by atoms with Crippen LogP contribution < -0.4 is 10.6 Å². The number of nitrogens with zero attached hydrogens (tertiary/aromatic N) is 1. The molecule has 2 saturated heterocycles. The number of amides is 2. The van der Waals surface area contributed by atoms with Crippen LogP contribution in [0.15, 0.2) is 42.5 Å². The number of aliphatic hydroxyl groups excluding tert-OH is 3. The number of para-hydroxylation sites is 2. The number of rotatable bonds is 6. The quantitative estimate of drug-likeness (QED) is 0.148. The van der Waals surface area contributed by atoms with Crippen molar-refractivity contribution < 1.29 is 43.9 Å². The van der Waals surface area contributed by atoms with Gasteiger partial charge in [0.1, 0.15) is 24.4 Å². The molecule has 3 aliphatic heterocycles. The number of hydrogen-bond donors (Lipinski definition) is 6. The maximum atomic E-state index is 13.5. The number of aromatic nitrogens is 2. The number of H-pyrrole nitrogens is 1. The second kappa shape index (κ2) is 11.5. The minimum Gasteiger partial charge on any atom is -0.391 e. The van der Waals surface area contributed by atoms with Crippen LogP contribution in [-0.4, -0.2) is 107 Å². The second-order valence-corrected chi connectivity index (χ2v) is 12.6. The lowest BCUT2D eigenvalue weighted by Crippen LogP contribution is -2.58. The fourth-order valence-electron chi connectivity index (χ4n) is 7.49. The van der Waals surface area contributed by atoms with Crippen molar-refractivity contribution in [1.29, 1.82) is 0 Å². The molecule has 0 bridgehead atoms. The van der Waals surface area contributed by atoms with Crippen molar-refractivity contribution in [1.82, 2.24) is 20.2 Å². The third-order valence-corrected chi connectivity index (χ3v) is 10.0. The molecule has 6 N–H and O–H groups in total. The van der Waals surface area contributed by atoms with Gasteiger partial charge in [-0.1, -0.05) is 41.9 Å². The maximum Gasteiger partial charge on any atom is 0.259 e. The lowest BCUT2D eigenvalue weighted by atomic mass is 9.96. The molecule has 2 aromatic heterocycles. The summed E-state index contributed by atoms with van der Waals surface area (Å²) in [7, 11) is 3.15. The first-order chi connectivity index (χ1) is 22.7. The summed E-state index contributed by atoms with van der Waals surface area (Å²) in [6.45, 7) is 0.144. The number of nitrogens with one attached hydrogen (secondary N) is 3. The molecule has 5 aromatic rings. The smallest absolute Gasteiger partial charge is 0.259 e. The average Bonchev–Trinajstić information content (AvgIpc) is 3.71. The number of hydrogen-bond acceptors (Lipinski definition) is 10. The molecule has 3 aliphatic rings. The minimum absolute atomic E-state index is 0.0979. The molecule has 8 rings (SSSR count). The molecule has 0 aliphatic carbocycles. The first kappa shape index (κ1) is 30.7. The summed E-state index contributed by atoms with van der Waals surface area (Å²) in [5.74, 6) is -1.06. The standard InChI is InChI=1S/C33H33ClN4O9/c1-35-17-11-45-20(10-18(17)39)46-12-19-30(44-2)28(40)29(41)33(47-19)38-26-14(7-5-8-15(26)34)22-24-23(31(42)37-32(24)43)21-13-6-3-4-9-16(13)36-25(21)27(22)38/h3-9,17-20,28-30,33,35-36,39-41H,10-12H2,1-2H3,(H,37,42,43)/t17-,18-,19+,20-,28+,29+,30+,33+/m0/s1. The van der Waals surface area contributed by atoms with Crippen molar-refractivity contribution in [3.05, 3.63) is 58.6 Å². The van der Waals surface area contributed by atoms with E-state index < -0.39 is 54.9 Å². The maximum absolute atomic E-state index is 13.5. The Kier molecular flexibility index (Phi) is 7.52. The van der Waals surface area contributed by atoms with Crippen LogP contribution in [0.4, 0.5) is 0 Å². The van der Waals surface area contributed by atoms with Gasteiger partial charge < -0.3 is 49.1 Å². The number of carbonyl (C=O) groups excluding carboxylic acids is 2. The van der Waals surface area contributed by atoms with Gasteiger partial charge in [0.2, 0.25) is 0 Å². The summed E-state index contributed by atoms with van der Waals surface area (Å²) < 4.78 is 25.7. The minimum atomic E-state index is -1.52. The molecule has 0 saturated carbocycles. The number of aliphatic hydroxyl groups is 3. The zero-order valence-corrected chi connectivity index (χ0v) is 26.2. The van der Waals surface area contributed by atoms with E-state index in [0.717, 1.165) is 10.9 Å². The highest BCUT2D eigenvalue weighted by Crippen LogP contribution is 2.47. The van der Waals surface area contributed by atoms with E-state index in [9.17, 15) is 24.9 Å². The summed E-state index contributed by atoms with van der Waals surface area (Å²) in [6.07, 6.45) is -7.27. The normalized spacial score (nSPS) is 29.7. The zero-order valence-electron chi connectivity index (χ0n) is 25.4. The van der Waals surface area contributed by atoms with Gasteiger partial charge in [-0.3, -0.25) is 14.9 Å². The van der Waals surface area contributed by atoms with Crippen LogP contribution in [-0.2, 0) is 18.9 Å². The molecule has 47 heavy (non-hydrogen) atoms. The Morgan fingerprint density at radius 1 is 1.00 bits per heavy atom. The highest BCUT2D eigenvalue weighted by atomic mass is 35.5. The van der Waals surface area contributed by atoms with Gasteiger partial charge in [-0.05, 0) is 19.2 Å². The predicted molar refractivity (Wildman–Crippen MR) is 171 cm³/mol. The molecule has 5 heterocycles. The van der Waals surface area contributed by atoms with Crippen molar-refractivity contribution in [3.8, 4) is 0 Å². The Morgan fingerprint density at radius 3 is 2.49 bits per heavy atom. The SMILES string of the molecule is CN[C@H]1CO[C@@H](OC[C@H]2O[C@@H](n3c4c(Cl)cccc4c4c5c(c6c7ccccc7[nH]c6c43)C(=O)NC5=O)[C@H](O)[C@@H](O)[C@@H]2OC)C[C@@H]1O. The largest absolute Gasteiger partial charge is 0.391 e. The molecule has 246 valence electrons. The van der Waals surface area contributed by atoms with Gasteiger partial charge in [-0.2, -0.15) is 0 Å². The van der Waals surface area contributed by atoms with E-state index >= 15 is 0 Å². The number of carbonyl (C=O) groups is 2. The zero-order chi connectivity index (χ0) is 32.7. The van der Waals surface area contributed by atoms with Gasteiger partial charge in [0.15, 0.2) is 12.5 Å². The van der Waals surface area contributed by atoms with Crippen molar-refractivity contribution in [3.63, 3.8) is 0 Å². The predicted octanol–water partition coefficient (Wildman–Crippen LogP) is 2.31. The molecule has 2 amide bonds. The van der Waals surface area contributed by atoms with Crippen LogP contribution in [0.5, 0.6) is 0 Å². The summed E-state index contributed by atoms with van der Waals surface area (Å²) in [4.78, 5) is 30.2. The van der Waals surface area contributed by atoms with Crippen LogP contribution in [0.2, 0.25) is 5.02 Å². The Labute approximate surface area is 272 Å². The van der Waals surface area contributed by atoms with Crippen molar-refractivity contribution in [2.45, 2.75) is 55.5 Å². The lowest BCUT2D eigenvalue weighted by Gasteiger charge is -2.43. The van der Waals surface area contributed by atoms with Crippen molar-refractivity contribution in [2.24, 2.45) is 0 Å². The summed E-state index contributed by atoms with van der Waals surface area (Å²) in [5, 5.41) is 41.6. The molecule has 3 aromatic carbocycles. The van der Waals surface area contributed by atoms with Crippen molar-refractivity contribution in [2.75, 3.05) is 27.4 Å². The van der Waals surface area contributed by atoms with Gasteiger partial charge in [-0.15, -0.1) is 0 Å².